The molecule has 0 aromatic carbocycles. The maximum atomic E-state index is 4.78. The van der Waals surface area contributed by atoms with Crippen molar-refractivity contribution in [3.8, 4) is 0 Å². The molecule has 2 rings (SSSR count). The molecule has 1 aromatic heterocycles. The molecular weight excluding hydrogens is 324 g/mol. The van der Waals surface area contributed by atoms with Crippen molar-refractivity contribution >= 4 is 11.8 Å². The highest BCUT2D eigenvalue weighted by Crippen LogP contribution is 2.20. The van der Waals surface area contributed by atoms with E-state index < -0.39 is 0 Å². The van der Waals surface area contributed by atoms with Crippen LogP contribution in [0.15, 0.2) is 23.3 Å². The molecule has 1 fully saturated rings. The van der Waals surface area contributed by atoms with Crippen LogP contribution in [0, 0.1) is 0 Å². The summed E-state index contributed by atoms with van der Waals surface area (Å²) in [5.74, 6) is 1.84. The SMILES string of the molecule is CCNC(=NCc1cccnc1N(C)C)NCC(C)(C)N1CCCCC1. The molecule has 146 valence electrons. The molecule has 0 bridgehead atoms. The van der Waals surface area contributed by atoms with E-state index in [1.807, 2.05) is 31.3 Å². The Kier molecular flexibility index (Phi) is 7.69. The standard InChI is InChI=1S/C20H36N6/c1-6-21-19(23-15-17-11-10-12-22-18(17)25(4)5)24-16-20(2,3)26-13-8-7-9-14-26/h10-12H,6-9,13-16H2,1-5H3,(H2,21,23,24). The summed E-state index contributed by atoms with van der Waals surface area (Å²) in [6, 6.07) is 4.06. The van der Waals surface area contributed by atoms with E-state index in [1.54, 1.807) is 0 Å². The van der Waals surface area contributed by atoms with Gasteiger partial charge in [-0.15, -0.1) is 0 Å². The third-order valence-electron chi connectivity index (χ3n) is 4.94. The lowest BCUT2D eigenvalue weighted by molar-refractivity contribution is 0.0982. The van der Waals surface area contributed by atoms with Crippen LogP contribution < -0.4 is 15.5 Å². The van der Waals surface area contributed by atoms with Crippen LogP contribution in [-0.2, 0) is 6.54 Å². The Hall–Kier alpha value is -1.82. The minimum absolute atomic E-state index is 0.125. The third kappa shape index (κ3) is 5.87. The zero-order chi connectivity index (χ0) is 19.0. The normalized spacial score (nSPS) is 16.4. The van der Waals surface area contributed by atoms with Gasteiger partial charge < -0.3 is 15.5 Å². The molecule has 0 spiro atoms. The number of hydrogen-bond donors (Lipinski definition) is 2. The van der Waals surface area contributed by atoms with Crippen molar-refractivity contribution in [3.05, 3.63) is 23.9 Å². The van der Waals surface area contributed by atoms with Gasteiger partial charge in [0.2, 0.25) is 0 Å². The molecule has 0 amide bonds. The van der Waals surface area contributed by atoms with E-state index >= 15 is 0 Å². The molecule has 1 aliphatic rings. The first-order valence-corrected chi connectivity index (χ1v) is 9.82. The first-order chi connectivity index (χ1) is 12.4. The summed E-state index contributed by atoms with van der Waals surface area (Å²) in [7, 11) is 4.03. The summed E-state index contributed by atoms with van der Waals surface area (Å²) in [6.45, 7) is 11.5. The lowest BCUT2D eigenvalue weighted by Gasteiger charge is -2.41. The number of nitrogens with one attached hydrogen (secondary N) is 2. The molecule has 0 radical (unpaired) electrons. The molecule has 1 aromatic rings. The van der Waals surface area contributed by atoms with Crippen molar-refractivity contribution in [3.63, 3.8) is 0 Å². The Morgan fingerprint density at radius 3 is 2.62 bits per heavy atom. The van der Waals surface area contributed by atoms with Crippen molar-refractivity contribution in [2.45, 2.75) is 52.1 Å². The molecule has 2 heterocycles. The average molecular weight is 361 g/mol. The van der Waals surface area contributed by atoms with Crippen molar-refractivity contribution in [2.75, 3.05) is 45.2 Å². The predicted molar refractivity (Wildman–Crippen MR) is 111 cm³/mol. The van der Waals surface area contributed by atoms with Crippen LogP contribution in [0.4, 0.5) is 5.82 Å². The number of rotatable bonds is 7. The minimum atomic E-state index is 0.125. The Labute approximate surface area is 159 Å². The maximum Gasteiger partial charge on any atom is 0.191 e. The van der Waals surface area contributed by atoms with Gasteiger partial charge in [0.05, 0.1) is 6.54 Å². The van der Waals surface area contributed by atoms with Crippen LogP contribution in [0.3, 0.4) is 0 Å². The molecule has 0 aliphatic carbocycles. The largest absolute Gasteiger partial charge is 0.362 e. The zero-order valence-corrected chi connectivity index (χ0v) is 17.2. The van der Waals surface area contributed by atoms with Gasteiger partial charge in [-0.05, 0) is 52.8 Å². The zero-order valence-electron chi connectivity index (χ0n) is 17.2. The Morgan fingerprint density at radius 1 is 1.23 bits per heavy atom. The summed E-state index contributed by atoms with van der Waals surface area (Å²) >= 11 is 0. The van der Waals surface area contributed by atoms with E-state index in [-0.39, 0.29) is 5.54 Å². The first kappa shape index (κ1) is 20.5. The number of aromatic nitrogens is 1. The summed E-state index contributed by atoms with van der Waals surface area (Å²) in [6.07, 6.45) is 5.81. The van der Waals surface area contributed by atoms with Gasteiger partial charge in [0, 0.05) is 44.5 Å². The highest BCUT2D eigenvalue weighted by atomic mass is 15.2. The highest BCUT2D eigenvalue weighted by molar-refractivity contribution is 5.79. The number of likely N-dealkylation sites (tertiary alicyclic amines) is 1. The third-order valence-corrected chi connectivity index (χ3v) is 4.94. The summed E-state index contributed by atoms with van der Waals surface area (Å²) < 4.78 is 0. The predicted octanol–water partition coefficient (Wildman–Crippen LogP) is 2.47. The van der Waals surface area contributed by atoms with Crippen molar-refractivity contribution in [1.82, 2.24) is 20.5 Å². The molecule has 0 saturated carbocycles. The Bertz CT molecular complexity index is 575. The summed E-state index contributed by atoms with van der Waals surface area (Å²) in [5.41, 5.74) is 1.25. The van der Waals surface area contributed by atoms with E-state index in [4.69, 9.17) is 4.99 Å². The molecule has 0 unspecified atom stereocenters. The van der Waals surface area contributed by atoms with Gasteiger partial charge in [-0.3, -0.25) is 4.90 Å². The molecule has 26 heavy (non-hydrogen) atoms. The van der Waals surface area contributed by atoms with Gasteiger partial charge in [0.15, 0.2) is 5.96 Å². The molecule has 2 N–H and O–H groups in total. The van der Waals surface area contributed by atoms with Gasteiger partial charge >= 0.3 is 0 Å². The number of nitrogens with zero attached hydrogens (tertiary/aromatic N) is 4. The molecule has 1 saturated heterocycles. The van der Waals surface area contributed by atoms with Crippen molar-refractivity contribution < 1.29 is 0 Å². The number of hydrogen-bond acceptors (Lipinski definition) is 4. The van der Waals surface area contributed by atoms with Crippen molar-refractivity contribution in [2.24, 2.45) is 4.99 Å². The number of pyridine rings is 1. The van der Waals surface area contributed by atoms with Crippen LogP contribution in [-0.4, -0.2) is 61.7 Å². The number of anilines is 1. The number of guanidine groups is 1. The number of aliphatic imine (C=N–C) groups is 1. The second kappa shape index (κ2) is 9.76. The number of piperidine rings is 1. The quantitative estimate of drug-likeness (QED) is 0.578. The van der Waals surface area contributed by atoms with E-state index in [1.165, 1.54) is 32.4 Å². The summed E-state index contributed by atoms with van der Waals surface area (Å²) in [5, 5.41) is 6.90. The van der Waals surface area contributed by atoms with Crippen LogP contribution >= 0.6 is 0 Å². The minimum Gasteiger partial charge on any atom is -0.362 e. The lowest BCUT2D eigenvalue weighted by Crippen LogP contribution is -2.54. The molecule has 0 atom stereocenters. The van der Waals surface area contributed by atoms with Crippen LogP contribution in [0.25, 0.3) is 0 Å². The second-order valence-electron chi connectivity index (χ2n) is 7.79. The summed E-state index contributed by atoms with van der Waals surface area (Å²) in [4.78, 5) is 13.9. The van der Waals surface area contributed by atoms with Crippen molar-refractivity contribution in [1.29, 1.82) is 0 Å². The molecular formula is C20H36N6. The van der Waals surface area contributed by atoms with Gasteiger partial charge in [-0.25, -0.2) is 9.98 Å². The fourth-order valence-corrected chi connectivity index (χ4v) is 3.37. The fraction of sp³-hybridized carbons (Fsp3) is 0.700. The van der Waals surface area contributed by atoms with E-state index in [0.717, 1.165) is 30.4 Å². The van der Waals surface area contributed by atoms with Gasteiger partial charge in [-0.1, -0.05) is 12.5 Å². The van der Waals surface area contributed by atoms with Crippen LogP contribution in [0.2, 0.25) is 0 Å². The van der Waals surface area contributed by atoms with Gasteiger partial charge in [0.1, 0.15) is 5.82 Å². The molecule has 1 aliphatic heterocycles. The topological polar surface area (TPSA) is 55.8 Å². The fourth-order valence-electron chi connectivity index (χ4n) is 3.37. The molecule has 6 nitrogen and oxygen atoms in total. The van der Waals surface area contributed by atoms with Gasteiger partial charge in [-0.2, -0.15) is 0 Å². The maximum absolute atomic E-state index is 4.78. The monoisotopic (exact) mass is 360 g/mol. The second-order valence-corrected chi connectivity index (χ2v) is 7.79. The average Bonchev–Trinajstić information content (AvgIpc) is 2.65. The van der Waals surface area contributed by atoms with Crippen LogP contribution in [0.5, 0.6) is 0 Å². The van der Waals surface area contributed by atoms with E-state index in [0.29, 0.717) is 6.54 Å². The molecule has 6 heteroatoms. The van der Waals surface area contributed by atoms with Gasteiger partial charge in [0.25, 0.3) is 0 Å². The van der Waals surface area contributed by atoms with Crippen LogP contribution in [0.1, 0.15) is 45.6 Å². The van der Waals surface area contributed by atoms with E-state index in [9.17, 15) is 0 Å². The Morgan fingerprint density at radius 2 is 1.96 bits per heavy atom. The van der Waals surface area contributed by atoms with E-state index in [2.05, 4.69) is 47.4 Å². The first-order valence-electron chi connectivity index (χ1n) is 9.82. The smallest absolute Gasteiger partial charge is 0.191 e. The lowest BCUT2D eigenvalue weighted by atomic mass is 9.98. The Balaban J connectivity index is 2.00. The highest BCUT2D eigenvalue weighted by Gasteiger charge is 2.27.